The van der Waals surface area contributed by atoms with E-state index in [1.165, 1.54) is 24.3 Å². The number of aromatic hydroxyl groups is 1. The fourth-order valence-corrected chi connectivity index (χ4v) is 3.88. The zero-order chi connectivity index (χ0) is 23.3. The lowest BCUT2D eigenvalue weighted by Gasteiger charge is -2.19. The van der Waals surface area contributed by atoms with Crippen LogP contribution in [-0.2, 0) is 12.8 Å². The molecule has 0 aliphatic heterocycles. The molecule has 0 amide bonds. The van der Waals surface area contributed by atoms with Crippen molar-refractivity contribution in [2.75, 3.05) is 0 Å². The van der Waals surface area contributed by atoms with Gasteiger partial charge in [-0.15, -0.1) is 0 Å². The standard InChI is InChI=1S/C26H26F4O2/c1-3-5-6-7-16-8-10-17(11-9-16)21-20(4-2)23(27)24(28)25(31)22(21)18-12-14-19(15-13-18)32-26(29)30/h8-15,26,31H,3-7H2,1-2H3. The molecule has 0 fully saturated rings. The predicted octanol–water partition coefficient (Wildman–Crippen LogP) is 7.90. The van der Waals surface area contributed by atoms with E-state index < -0.39 is 24.0 Å². The van der Waals surface area contributed by atoms with E-state index in [0.29, 0.717) is 16.7 Å². The van der Waals surface area contributed by atoms with Crippen molar-refractivity contribution < 1.29 is 27.4 Å². The molecule has 0 atom stereocenters. The first-order valence-electron chi connectivity index (χ1n) is 10.7. The lowest BCUT2D eigenvalue weighted by atomic mass is 9.87. The number of rotatable bonds is 9. The van der Waals surface area contributed by atoms with E-state index in [4.69, 9.17) is 0 Å². The minimum absolute atomic E-state index is 0.0699. The number of phenols is 1. The van der Waals surface area contributed by atoms with E-state index in [-0.39, 0.29) is 23.3 Å². The fraction of sp³-hybridized carbons (Fsp3) is 0.308. The summed E-state index contributed by atoms with van der Waals surface area (Å²) in [6.45, 7) is 0.870. The van der Waals surface area contributed by atoms with Gasteiger partial charge >= 0.3 is 6.61 Å². The first kappa shape index (κ1) is 23.6. The van der Waals surface area contributed by atoms with Gasteiger partial charge < -0.3 is 9.84 Å². The van der Waals surface area contributed by atoms with E-state index in [2.05, 4.69) is 11.7 Å². The van der Waals surface area contributed by atoms with Gasteiger partial charge in [-0.05, 0) is 59.2 Å². The van der Waals surface area contributed by atoms with Gasteiger partial charge in [0.25, 0.3) is 0 Å². The highest BCUT2D eigenvalue weighted by atomic mass is 19.3. The topological polar surface area (TPSA) is 29.5 Å². The molecular formula is C26H26F4O2. The Bertz CT molecular complexity index is 1050. The van der Waals surface area contributed by atoms with Crippen LogP contribution in [0.25, 0.3) is 22.3 Å². The van der Waals surface area contributed by atoms with Gasteiger partial charge in [0.15, 0.2) is 11.6 Å². The van der Waals surface area contributed by atoms with Crippen molar-refractivity contribution in [2.24, 2.45) is 0 Å². The summed E-state index contributed by atoms with van der Waals surface area (Å²) in [5.74, 6) is -3.30. The van der Waals surface area contributed by atoms with Gasteiger partial charge in [0.2, 0.25) is 5.82 Å². The van der Waals surface area contributed by atoms with Crippen LogP contribution in [-0.4, -0.2) is 11.7 Å². The molecule has 3 rings (SSSR count). The molecule has 3 aromatic carbocycles. The normalized spacial score (nSPS) is 11.2. The molecule has 2 nitrogen and oxygen atoms in total. The Morgan fingerprint density at radius 1 is 0.812 bits per heavy atom. The Hall–Kier alpha value is -3.02. The molecule has 0 bridgehead atoms. The Morgan fingerprint density at radius 3 is 1.97 bits per heavy atom. The van der Waals surface area contributed by atoms with Gasteiger partial charge in [-0.1, -0.05) is 63.1 Å². The van der Waals surface area contributed by atoms with E-state index in [0.717, 1.165) is 31.2 Å². The van der Waals surface area contributed by atoms with Gasteiger partial charge in [0.1, 0.15) is 5.75 Å². The molecule has 0 aliphatic rings. The van der Waals surface area contributed by atoms with Crippen LogP contribution in [0.5, 0.6) is 11.5 Å². The molecule has 0 heterocycles. The molecule has 1 N–H and O–H groups in total. The smallest absolute Gasteiger partial charge is 0.387 e. The molecule has 0 aromatic heterocycles. The first-order chi connectivity index (χ1) is 15.4. The highest BCUT2D eigenvalue weighted by Gasteiger charge is 2.25. The summed E-state index contributed by atoms with van der Waals surface area (Å²) < 4.78 is 58.6. The summed E-state index contributed by atoms with van der Waals surface area (Å²) in [6, 6.07) is 13.0. The minimum Gasteiger partial charge on any atom is -0.504 e. The number of aryl methyl sites for hydroxylation is 1. The summed E-state index contributed by atoms with van der Waals surface area (Å²) >= 11 is 0. The molecule has 32 heavy (non-hydrogen) atoms. The third-order valence-corrected chi connectivity index (χ3v) is 5.49. The number of benzene rings is 3. The number of hydrogen-bond acceptors (Lipinski definition) is 2. The van der Waals surface area contributed by atoms with E-state index in [1.54, 1.807) is 6.92 Å². The summed E-state index contributed by atoms with van der Waals surface area (Å²) in [5.41, 5.74) is 2.77. The van der Waals surface area contributed by atoms with Crippen LogP contribution >= 0.6 is 0 Å². The maximum absolute atomic E-state index is 14.8. The molecule has 0 radical (unpaired) electrons. The molecule has 0 unspecified atom stereocenters. The Balaban J connectivity index is 2.12. The Labute approximate surface area is 185 Å². The zero-order valence-corrected chi connectivity index (χ0v) is 18.1. The van der Waals surface area contributed by atoms with Crippen LogP contribution in [0.3, 0.4) is 0 Å². The van der Waals surface area contributed by atoms with E-state index in [1.807, 2.05) is 24.3 Å². The molecule has 0 spiro atoms. The van der Waals surface area contributed by atoms with Gasteiger partial charge in [-0.3, -0.25) is 0 Å². The second-order valence-electron chi connectivity index (χ2n) is 7.62. The minimum atomic E-state index is -2.98. The monoisotopic (exact) mass is 446 g/mol. The quantitative estimate of drug-likeness (QED) is 0.267. The number of unbranched alkanes of at least 4 members (excludes halogenated alkanes) is 2. The number of alkyl halides is 2. The number of halogens is 4. The Morgan fingerprint density at radius 2 is 1.41 bits per heavy atom. The molecule has 0 saturated heterocycles. The number of ether oxygens (including phenoxy) is 1. The third-order valence-electron chi connectivity index (χ3n) is 5.49. The van der Waals surface area contributed by atoms with Gasteiger partial charge in [0, 0.05) is 5.56 Å². The molecule has 6 heteroatoms. The predicted molar refractivity (Wildman–Crippen MR) is 118 cm³/mol. The van der Waals surface area contributed by atoms with Crippen LogP contribution in [0.1, 0.15) is 44.2 Å². The molecule has 170 valence electrons. The van der Waals surface area contributed by atoms with Crippen molar-refractivity contribution >= 4 is 0 Å². The SMILES string of the molecule is CCCCCc1ccc(-c2c(CC)c(F)c(F)c(O)c2-c2ccc(OC(F)F)cc2)cc1. The van der Waals surface area contributed by atoms with Crippen LogP contribution in [0.2, 0.25) is 0 Å². The lowest BCUT2D eigenvalue weighted by Crippen LogP contribution is -2.03. The van der Waals surface area contributed by atoms with Crippen LogP contribution in [0, 0.1) is 11.6 Å². The summed E-state index contributed by atoms with van der Waals surface area (Å²) in [7, 11) is 0. The second-order valence-corrected chi connectivity index (χ2v) is 7.62. The molecule has 0 aliphatic carbocycles. The van der Waals surface area contributed by atoms with Crippen LogP contribution in [0.15, 0.2) is 48.5 Å². The highest BCUT2D eigenvalue weighted by Crippen LogP contribution is 2.44. The van der Waals surface area contributed by atoms with Gasteiger partial charge in [0.05, 0.1) is 0 Å². The van der Waals surface area contributed by atoms with Crippen molar-refractivity contribution in [2.45, 2.75) is 52.6 Å². The van der Waals surface area contributed by atoms with Crippen molar-refractivity contribution in [3.05, 3.63) is 71.3 Å². The second kappa shape index (κ2) is 10.5. The maximum Gasteiger partial charge on any atom is 0.387 e. The molecule has 3 aromatic rings. The number of hydrogen-bond donors (Lipinski definition) is 1. The number of phenolic OH excluding ortho intramolecular Hbond substituents is 1. The summed E-state index contributed by atoms with van der Waals surface area (Å²) in [5, 5.41) is 10.5. The summed E-state index contributed by atoms with van der Waals surface area (Å²) in [6.07, 6.45) is 4.46. The van der Waals surface area contributed by atoms with E-state index in [9.17, 15) is 22.7 Å². The van der Waals surface area contributed by atoms with Crippen molar-refractivity contribution in [1.82, 2.24) is 0 Å². The summed E-state index contributed by atoms with van der Waals surface area (Å²) in [4.78, 5) is 0. The highest BCUT2D eigenvalue weighted by molar-refractivity contribution is 5.90. The largest absolute Gasteiger partial charge is 0.504 e. The van der Waals surface area contributed by atoms with Crippen LogP contribution < -0.4 is 4.74 Å². The third kappa shape index (κ3) is 5.06. The van der Waals surface area contributed by atoms with E-state index >= 15 is 0 Å². The lowest BCUT2D eigenvalue weighted by molar-refractivity contribution is -0.0498. The van der Waals surface area contributed by atoms with Crippen molar-refractivity contribution in [1.29, 1.82) is 0 Å². The Kier molecular flexibility index (Phi) is 7.78. The van der Waals surface area contributed by atoms with Crippen molar-refractivity contribution in [3.8, 4) is 33.8 Å². The maximum atomic E-state index is 14.8. The van der Waals surface area contributed by atoms with Gasteiger partial charge in [-0.2, -0.15) is 13.2 Å². The average Bonchev–Trinajstić information content (AvgIpc) is 2.78. The van der Waals surface area contributed by atoms with Crippen molar-refractivity contribution in [3.63, 3.8) is 0 Å². The first-order valence-corrected chi connectivity index (χ1v) is 10.7. The molecule has 0 saturated carbocycles. The zero-order valence-electron chi connectivity index (χ0n) is 18.1. The average molecular weight is 446 g/mol. The molecular weight excluding hydrogens is 420 g/mol. The van der Waals surface area contributed by atoms with Crippen LogP contribution in [0.4, 0.5) is 17.6 Å². The van der Waals surface area contributed by atoms with Gasteiger partial charge in [-0.25, -0.2) is 4.39 Å². The fourth-order valence-electron chi connectivity index (χ4n) is 3.88.